The van der Waals surface area contributed by atoms with Crippen molar-refractivity contribution in [1.82, 2.24) is 4.90 Å². The van der Waals surface area contributed by atoms with Crippen LogP contribution in [0, 0.1) is 0 Å². The molecular weight excluding hydrogens is 170 g/mol. The van der Waals surface area contributed by atoms with Gasteiger partial charge in [0.2, 0.25) is 0 Å². The highest BCUT2D eigenvalue weighted by molar-refractivity contribution is 5.38. The fourth-order valence-electron chi connectivity index (χ4n) is 1.89. The number of likely N-dealkylation sites (N-methyl/N-ethyl adjacent to an activating group) is 1. The summed E-state index contributed by atoms with van der Waals surface area (Å²) in [7, 11) is 0. The average Bonchev–Trinajstić information content (AvgIpc) is 2.49. The average molecular weight is 191 g/mol. The first-order valence-corrected chi connectivity index (χ1v) is 5.73. The lowest BCUT2D eigenvalue weighted by Gasteiger charge is -2.17. The maximum atomic E-state index is 2.45. The van der Waals surface area contributed by atoms with Crippen LogP contribution in [0.2, 0.25) is 0 Å². The molecule has 0 atom stereocenters. The topological polar surface area (TPSA) is 3.24 Å². The van der Waals surface area contributed by atoms with Gasteiger partial charge in [0, 0.05) is 18.8 Å². The van der Waals surface area contributed by atoms with E-state index in [1.165, 1.54) is 24.2 Å². The van der Waals surface area contributed by atoms with E-state index in [1.807, 2.05) is 13.8 Å². The monoisotopic (exact) mass is 191 g/mol. The van der Waals surface area contributed by atoms with Crippen molar-refractivity contribution in [2.45, 2.75) is 33.6 Å². The summed E-state index contributed by atoms with van der Waals surface area (Å²) in [4.78, 5) is 2.45. The molecule has 0 bridgehead atoms. The summed E-state index contributed by atoms with van der Waals surface area (Å²) in [5.41, 5.74) is 2.97. The first-order chi connectivity index (χ1) is 6.92. The molecule has 1 heterocycles. The summed E-state index contributed by atoms with van der Waals surface area (Å²) < 4.78 is 0. The van der Waals surface area contributed by atoms with Gasteiger partial charge in [-0.2, -0.15) is 0 Å². The lowest BCUT2D eigenvalue weighted by atomic mass is 10.2. The van der Waals surface area contributed by atoms with Gasteiger partial charge in [-0.05, 0) is 31.4 Å². The molecule has 0 spiro atoms. The number of nitrogens with zero attached hydrogens (tertiary/aromatic N) is 1. The third-order valence-electron chi connectivity index (χ3n) is 2.57. The highest BCUT2D eigenvalue weighted by atomic mass is 15.1. The van der Waals surface area contributed by atoms with Crippen LogP contribution in [0.25, 0.3) is 0 Å². The van der Waals surface area contributed by atoms with Crippen molar-refractivity contribution in [1.29, 1.82) is 0 Å². The molecule has 2 aliphatic rings. The Morgan fingerprint density at radius 2 is 1.93 bits per heavy atom. The van der Waals surface area contributed by atoms with Gasteiger partial charge in [-0.1, -0.05) is 32.1 Å². The van der Waals surface area contributed by atoms with Crippen molar-refractivity contribution >= 4 is 0 Å². The zero-order valence-corrected chi connectivity index (χ0v) is 9.59. The van der Waals surface area contributed by atoms with E-state index in [0.29, 0.717) is 0 Å². The molecule has 0 aromatic rings. The molecule has 0 unspecified atom stereocenters. The molecule has 14 heavy (non-hydrogen) atoms. The van der Waals surface area contributed by atoms with E-state index in [0.717, 1.165) is 13.0 Å². The fourth-order valence-corrected chi connectivity index (χ4v) is 1.89. The second-order valence-corrected chi connectivity index (χ2v) is 3.28. The van der Waals surface area contributed by atoms with Crippen molar-refractivity contribution in [3.05, 3.63) is 35.6 Å². The standard InChI is InChI=1S/C11H15N.C2H6/c1-2-12-9-8-10-6-4-3-5-7-11(10)12;1-2/h4-7H,2-3,8-9H2,1H3;1-2H3. The maximum absolute atomic E-state index is 2.45. The molecule has 0 saturated heterocycles. The van der Waals surface area contributed by atoms with Crippen LogP contribution in [-0.4, -0.2) is 18.0 Å². The van der Waals surface area contributed by atoms with E-state index in [9.17, 15) is 0 Å². The summed E-state index contributed by atoms with van der Waals surface area (Å²) >= 11 is 0. The summed E-state index contributed by atoms with van der Waals surface area (Å²) in [5.74, 6) is 0. The van der Waals surface area contributed by atoms with Gasteiger partial charge >= 0.3 is 0 Å². The molecule has 0 saturated carbocycles. The van der Waals surface area contributed by atoms with Crippen molar-refractivity contribution < 1.29 is 0 Å². The molecule has 2 rings (SSSR count). The number of rotatable bonds is 1. The number of allylic oxidation sites excluding steroid dienone is 4. The lowest BCUT2D eigenvalue weighted by molar-refractivity contribution is 0.408. The molecule has 1 aliphatic heterocycles. The molecule has 0 fully saturated rings. The van der Waals surface area contributed by atoms with Gasteiger partial charge in [0.15, 0.2) is 0 Å². The van der Waals surface area contributed by atoms with Gasteiger partial charge in [0.05, 0.1) is 0 Å². The molecule has 0 aromatic heterocycles. The smallest absolute Gasteiger partial charge is 0.0396 e. The summed E-state index contributed by atoms with van der Waals surface area (Å²) in [5, 5.41) is 0. The van der Waals surface area contributed by atoms with E-state index in [4.69, 9.17) is 0 Å². The quantitative estimate of drug-likeness (QED) is 0.613. The van der Waals surface area contributed by atoms with Crippen molar-refractivity contribution in [3.8, 4) is 0 Å². The molecule has 0 N–H and O–H groups in total. The molecule has 78 valence electrons. The molecule has 1 aliphatic carbocycles. The zero-order chi connectivity index (χ0) is 10.4. The van der Waals surface area contributed by atoms with Crippen LogP contribution >= 0.6 is 0 Å². The first kappa shape index (κ1) is 11.1. The maximum Gasteiger partial charge on any atom is 0.0396 e. The largest absolute Gasteiger partial charge is 0.371 e. The predicted molar refractivity (Wildman–Crippen MR) is 63.1 cm³/mol. The Morgan fingerprint density at radius 3 is 2.64 bits per heavy atom. The van der Waals surface area contributed by atoms with E-state index in [2.05, 4.69) is 36.1 Å². The van der Waals surface area contributed by atoms with Gasteiger partial charge in [0.25, 0.3) is 0 Å². The second-order valence-electron chi connectivity index (χ2n) is 3.28. The van der Waals surface area contributed by atoms with Gasteiger partial charge in [0.1, 0.15) is 0 Å². The Hall–Kier alpha value is -0.980. The Kier molecular flexibility index (Phi) is 4.51. The van der Waals surface area contributed by atoms with Crippen LogP contribution in [-0.2, 0) is 0 Å². The molecule has 0 amide bonds. The molecule has 1 heteroatoms. The lowest BCUT2D eigenvalue weighted by Crippen LogP contribution is -2.17. The second kappa shape index (κ2) is 5.69. The highest BCUT2D eigenvalue weighted by Crippen LogP contribution is 2.26. The molecular formula is C13H21N. The Morgan fingerprint density at radius 1 is 1.21 bits per heavy atom. The van der Waals surface area contributed by atoms with Crippen LogP contribution in [0.3, 0.4) is 0 Å². The van der Waals surface area contributed by atoms with Crippen molar-refractivity contribution in [3.63, 3.8) is 0 Å². The SMILES string of the molecule is CC.CCN1CCC2=C1C=CCC=C2. The minimum atomic E-state index is 1.09. The van der Waals surface area contributed by atoms with E-state index in [-0.39, 0.29) is 0 Å². The predicted octanol–water partition coefficient (Wildman–Crippen LogP) is 3.51. The van der Waals surface area contributed by atoms with Gasteiger partial charge < -0.3 is 4.90 Å². The highest BCUT2D eigenvalue weighted by Gasteiger charge is 2.17. The van der Waals surface area contributed by atoms with Gasteiger partial charge in [-0.25, -0.2) is 0 Å². The summed E-state index contributed by atoms with van der Waals surface area (Å²) in [6, 6.07) is 0. The Balaban J connectivity index is 0.000000461. The minimum absolute atomic E-state index is 1.09. The Bertz CT molecular complexity index is 258. The fraction of sp³-hybridized carbons (Fsp3) is 0.538. The molecule has 0 aromatic carbocycles. The zero-order valence-electron chi connectivity index (χ0n) is 9.59. The van der Waals surface area contributed by atoms with E-state index < -0.39 is 0 Å². The third-order valence-corrected chi connectivity index (χ3v) is 2.57. The van der Waals surface area contributed by atoms with Crippen molar-refractivity contribution in [2.24, 2.45) is 0 Å². The number of hydrogen-bond donors (Lipinski definition) is 0. The van der Waals surface area contributed by atoms with Crippen LogP contribution in [0.4, 0.5) is 0 Å². The molecule has 0 radical (unpaired) electrons. The Labute approximate surface area is 87.8 Å². The first-order valence-electron chi connectivity index (χ1n) is 5.73. The van der Waals surface area contributed by atoms with Gasteiger partial charge in [-0.3, -0.25) is 0 Å². The van der Waals surface area contributed by atoms with E-state index >= 15 is 0 Å². The third kappa shape index (κ3) is 2.28. The normalized spacial score (nSPS) is 18.9. The van der Waals surface area contributed by atoms with Crippen LogP contribution in [0.5, 0.6) is 0 Å². The van der Waals surface area contributed by atoms with Crippen LogP contribution < -0.4 is 0 Å². The van der Waals surface area contributed by atoms with E-state index in [1.54, 1.807) is 0 Å². The number of hydrogen-bond acceptors (Lipinski definition) is 1. The van der Waals surface area contributed by atoms with Crippen LogP contribution in [0.15, 0.2) is 35.6 Å². The molecule has 1 nitrogen and oxygen atoms in total. The van der Waals surface area contributed by atoms with Gasteiger partial charge in [-0.15, -0.1) is 0 Å². The van der Waals surface area contributed by atoms with Crippen molar-refractivity contribution in [2.75, 3.05) is 13.1 Å². The summed E-state index contributed by atoms with van der Waals surface area (Å²) in [6.45, 7) is 8.56. The summed E-state index contributed by atoms with van der Waals surface area (Å²) in [6.07, 6.45) is 11.4. The van der Waals surface area contributed by atoms with Crippen LogP contribution in [0.1, 0.15) is 33.6 Å². The minimum Gasteiger partial charge on any atom is -0.371 e.